The maximum atomic E-state index is 4.52. The Morgan fingerprint density at radius 2 is 1.50 bits per heavy atom. The van der Waals surface area contributed by atoms with Gasteiger partial charge in [-0.3, -0.25) is 0 Å². The Morgan fingerprint density at radius 3 is 1.79 bits per heavy atom. The molecule has 0 aliphatic carbocycles. The number of imidazole rings is 1. The highest BCUT2D eigenvalue weighted by atomic mass is 15.0. The molecular weight excluding hydrogens is 172 g/mol. The monoisotopic (exact) mass is 194 g/mol. The smallest absolute Gasteiger partial charge is 0.0949 e. The molecule has 0 radical (unpaired) electrons. The molecule has 0 atom stereocenters. The molecule has 0 unspecified atom stereocenters. The molecule has 0 bridgehead atoms. The van der Waals surface area contributed by atoms with Crippen molar-refractivity contribution in [3.05, 3.63) is 17.7 Å². The number of rotatable bonds is 0. The lowest BCUT2D eigenvalue weighted by Crippen LogP contribution is -2.23. The van der Waals surface area contributed by atoms with Gasteiger partial charge in [0.25, 0.3) is 0 Å². The van der Waals surface area contributed by atoms with Crippen molar-refractivity contribution < 1.29 is 0 Å². The van der Waals surface area contributed by atoms with E-state index in [2.05, 4.69) is 58.1 Å². The zero-order valence-electron chi connectivity index (χ0n) is 10.5. The van der Waals surface area contributed by atoms with Crippen LogP contribution in [0.4, 0.5) is 0 Å². The van der Waals surface area contributed by atoms with Gasteiger partial charge in [0.15, 0.2) is 0 Å². The van der Waals surface area contributed by atoms with Crippen molar-refractivity contribution in [2.24, 2.45) is 7.05 Å². The molecule has 0 aliphatic rings. The van der Waals surface area contributed by atoms with Gasteiger partial charge in [0.2, 0.25) is 0 Å². The van der Waals surface area contributed by atoms with Crippen LogP contribution in [0, 0.1) is 0 Å². The Hall–Kier alpha value is -0.790. The number of aryl methyl sites for hydroxylation is 1. The molecule has 0 saturated carbocycles. The summed E-state index contributed by atoms with van der Waals surface area (Å²) in [6.45, 7) is 13.3. The molecule has 1 heterocycles. The zero-order chi connectivity index (χ0) is 11.1. The fourth-order valence-corrected chi connectivity index (χ4v) is 1.86. The van der Waals surface area contributed by atoms with Gasteiger partial charge in [-0.2, -0.15) is 0 Å². The summed E-state index contributed by atoms with van der Waals surface area (Å²) in [5.74, 6) is 0. The molecule has 1 rings (SSSR count). The van der Waals surface area contributed by atoms with Gasteiger partial charge in [0.1, 0.15) is 0 Å². The van der Waals surface area contributed by atoms with Crippen LogP contribution in [-0.2, 0) is 17.9 Å². The summed E-state index contributed by atoms with van der Waals surface area (Å²) in [6, 6.07) is 0. The summed E-state index contributed by atoms with van der Waals surface area (Å²) in [5, 5.41) is 0. The Kier molecular flexibility index (Phi) is 2.51. The van der Waals surface area contributed by atoms with E-state index in [-0.39, 0.29) is 10.8 Å². The van der Waals surface area contributed by atoms with Crippen LogP contribution >= 0.6 is 0 Å². The Morgan fingerprint density at radius 1 is 1.00 bits per heavy atom. The molecule has 0 spiro atoms. The van der Waals surface area contributed by atoms with E-state index in [0.717, 1.165) is 0 Å². The molecule has 0 amide bonds. The highest BCUT2D eigenvalue weighted by Crippen LogP contribution is 2.32. The Labute approximate surface area is 87.4 Å². The van der Waals surface area contributed by atoms with Gasteiger partial charge in [-0.05, 0) is 0 Å². The van der Waals surface area contributed by atoms with Gasteiger partial charge in [-0.15, -0.1) is 0 Å². The molecule has 0 N–H and O–H groups in total. The minimum absolute atomic E-state index is 0.129. The van der Waals surface area contributed by atoms with Crippen LogP contribution in [0.3, 0.4) is 0 Å². The van der Waals surface area contributed by atoms with E-state index in [1.165, 1.54) is 11.4 Å². The number of hydrogen-bond acceptors (Lipinski definition) is 1. The standard InChI is InChI=1S/C12H22N2/c1-11(2,3)9-10(12(4,5)6)14(7)8-13-9/h8H,1-7H3. The van der Waals surface area contributed by atoms with E-state index in [1.807, 2.05) is 6.33 Å². The van der Waals surface area contributed by atoms with Gasteiger partial charge in [-0.1, -0.05) is 41.5 Å². The number of aromatic nitrogens is 2. The first-order chi connectivity index (χ1) is 6.14. The molecule has 1 aromatic heterocycles. The zero-order valence-corrected chi connectivity index (χ0v) is 10.5. The van der Waals surface area contributed by atoms with Crippen LogP contribution in [0.1, 0.15) is 52.9 Å². The van der Waals surface area contributed by atoms with E-state index in [1.54, 1.807) is 0 Å². The quantitative estimate of drug-likeness (QED) is 0.621. The second-order valence-electron chi connectivity index (χ2n) is 6.05. The van der Waals surface area contributed by atoms with Crippen LogP contribution in [0.5, 0.6) is 0 Å². The lowest BCUT2D eigenvalue weighted by Gasteiger charge is -2.26. The van der Waals surface area contributed by atoms with Crippen molar-refractivity contribution in [3.8, 4) is 0 Å². The first kappa shape index (κ1) is 11.3. The summed E-state index contributed by atoms with van der Waals surface area (Å²) < 4.78 is 2.14. The van der Waals surface area contributed by atoms with Gasteiger partial charge in [0.05, 0.1) is 12.0 Å². The highest BCUT2D eigenvalue weighted by molar-refractivity contribution is 5.27. The average molecular weight is 194 g/mol. The van der Waals surface area contributed by atoms with Gasteiger partial charge >= 0.3 is 0 Å². The molecule has 80 valence electrons. The third kappa shape index (κ3) is 1.99. The van der Waals surface area contributed by atoms with Crippen LogP contribution in [0.2, 0.25) is 0 Å². The Balaban J connectivity index is 3.35. The molecule has 2 heteroatoms. The average Bonchev–Trinajstić information content (AvgIpc) is 2.27. The highest BCUT2D eigenvalue weighted by Gasteiger charge is 2.28. The lowest BCUT2D eigenvalue weighted by molar-refractivity contribution is 0.496. The van der Waals surface area contributed by atoms with Crippen molar-refractivity contribution in [1.82, 2.24) is 9.55 Å². The summed E-state index contributed by atoms with van der Waals surface area (Å²) >= 11 is 0. The maximum absolute atomic E-state index is 4.52. The Bertz CT molecular complexity index is 321. The molecule has 0 fully saturated rings. The van der Waals surface area contributed by atoms with Crippen LogP contribution in [-0.4, -0.2) is 9.55 Å². The van der Waals surface area contributed by atoms with Crippen molar-refractivity contribution in [2.75, 3.05) is 0 Å². The van der Waals surface area contributed by atoms with Crippen LogP contribution < -0.4 is 0 Å². The van der Waals surface area contributed by atoms with Crippen LogP contribution in [0.25, 0.3) is 0 Å². The van der Waals surface area contributed by atoms with E-state index >= 15 is 0 Å². The van der Waals surface area contributed by atoms with Crippen molar-refractivity contribution in [2.45, 2.75) is 52.4 Å². The minimum atomic E-state index is 0.129. The van der Waals surface area contributed by atoms with Crippen molar-refractivity contribution in [3.63, 3.8) is 0 Å². The maximum Gasteiger partial charge on any atom is 0.0949 e. The van der Waals surface area contributed by atoms with E-state index in [9.17, 15) is 0 Å². The van der Waals surface area contributed by atoms with E-state index in [4.69, 9.17) is 0 Å². The van der Waals surface area contributed by atoms with E-state index in [0.29, 0.717) is 0 Å². The molecule has 2 nitrogen and oxygen atoms in total. The van der Waals surface area contributed by atoms with E-state index < -0.39 is 0 Å². The first-order valence-electron chi connectivity index (χ1n) is 5.16. The number of nitrogens with zero attached hydrogens (tertiary/aromatic N) is 2. The summed E-state index contributed by atoms with van der Waals surface area (Å²) in [4.78, 5) is 4.52. The largest absolute Gasteiger partial charge is 0.337 e. The normalized spacial score (nSPS) is 13.4. The third-order valence-corrected chi connectivity index (χ3v) is 2.36. The summed E-state index contributed by atoms with van der Waals surface area (Å²) in [5.41, 5.74) is 2.84. The van der Waals surface area contributed by atoms with Gasteiger partial charge < -0.3 is 4.57 Å². The molecule has 0 saturated heterocycles. The molecule has 0 aliphatic heterocycles. The lowest BCUT2D eigenvalue weighted by atomic mass is 9.82. The molecule has 0 aromatic carbocycles. The fraction of sp³-hybridized carbons (Fsp3) is 0.750. The van der Waals surface area contributed by atoms with Crippen molar-refractivity contribution >= 4 is 0 Å². The molecule has 1 aromatic rings. The van der Waals surface area contributed by atoms with Crippen LogP contribution in [0.15, 0.2) is 6.33 Å². The fourth-order valence-electron chi connectivity index (χ4n) is 1.86. The molecular formula is C12H22N2. The van der Waals surface area contributed by atoms with Gasteiger partial charge in [-0.25, -0.2) is 4.98 Å². The van der Waals surface area contributed by atoms with Gasteiger partial charge in [0, 0.05) is 23.6 Å². The minimum Gasteiger partial charge on any atom is -0.337 e. The second-order valence-corrected chi connectivity index (χ2v) is 6.05. The third-order valence-electron chi connectivity index (χ3n) is 2.36. The second kappa shape index (κ2) is 3.11. The summed E-state index contributed by atoms with van der Waals surface area (Å²) in [7, 11) is 2.07. The topological polar surface area (TPSA) is 17.8 Å². The predicted molar refractivity (Wildman–Crippen MR) is 60.6 cm³/mol. The first-order valence-corrected chi connectivity index (χ1v) is 5.16. The summed E-state index contributed by atoms with van der Waals surface area (Å²) in [6.07, 6.45) is 1.92. The predicted octanol–water partition coefficient (Wildman–Crippen LogP) is 3.02. The molecule has 14 heavy (non-hydrogen) atoms. The SMILES string of the molecule is Cn1cnc(C(C)(C)C)c1C(C)(C)C. The van der Waals surface area contributed by atoms with Crippen molar-refractivity contribution in [1.29, 1.82) is 0 Å². The number of hydrogen-bond donors (Lipinski definition) is 0.